The predicted molar refractivity (Wildman–Crippen MR) is 127 cm³/mol. The molecule has 29 heavy (non-hydrogen) atoms. The van der Waals surface area contributed by atoms with Crippen LogP contribution in [0.3, 0.4) is 0 Å². The van der Waals surface area contributed by atoms with E-state index in [1.807, 2.05) is 0 Å². The maximum absolute atomic E-state index is 6.01. The Morgan fingerprint density at radius 2 is 1.69 bits per heavy atom. The first-order valence-corrected chi connectivity index (χ1v) is 11.6. The number of nitrogens with zero attached hydrogens (tertiary/aromatic N) is 2. The molecule has 2 saturated heterocycles. The van der Waals surface area contributed by atoms with Crippen LogP contribution in [0.4, 0.5) is 0 Å². The van der Waals surface area contributed by atoms with E-state index in [1.54, 1.807) is 0 Å². The van der Waals surface area contributed by atoms with Crippen LogP contribution in [0.5, 0.6) is 0 Å². The third kappa shape index (κ3) is 6.66. The molecule has 2 aliphatic heterocycles. The van der Waals surface area contributed by atoms with Gasteiger partial charge in [0, 0.05) is 29.7 Å². The number of piperidine rings is 2. The van der Waals surface area contributed by atoms with Gasteiger partial charge in [0.05, 0.1) is 0 Å². The standard InChI is InChI=1S/C24H40N4S/c1-23(2)17-20(18-24(3,4)26-23)25-22(29)28(21-12-14-27(5)15-13-21)16-11-19-9-7-6-8-10-19/h6-10,20-21,26H,11-18H2,1-5H3,(H,25,29). The van der Waals surface area contributed by atoms with Crippen molar-refractivity contribution >= 4 is 17.3 Å². The van der Waals surface area contributed by atoms with Gasteiger partial charge in [-0.15, -0.1) is 0 Å². The van der Waals surface area contributed by atoms with Crippen LogP contribution in [0.1, 0.15) is 58.9 Å². The molecule has 0 unspecified atom stereocenters. The topological polar surface area (TPSA) is 30.5 Å². The van der Waals surface area contributed by atoms with E-state index >= 15 is 0 Å². The summed E-state index contributed by atoms with van der Waals surface area (Å²) in [5.41, 5.74) is 1.63. The Bertz CT molecular complexity index is 649. The second-order valence-corrected chi connectivity index (χ2v) is 10.8. The summed E-state index contributed by atoms with van der Waals surface area (Å²) in [6.07, 6.45) is 5.61. The van der Waals surface area contributed by atoms with Crippen molar-refractivity contribution in [1.29, 1.82) is 0 Å². The van der Waals surface area contributed by atoms with Gasteiger partial charge in [-0.05, 0) is 97.7 Å². The Labute approximate surface area is 183 Å². The van der Waals surface area contributed by atoms with Gasteiger partial charge in [-0.1, -0.05) is 30.3 Å². The lowest BCUT2D eigenvalue weighted by atomic mass is 9.80. The molecule has 0 spiro atoms. The smallest absolute Gasteiger partial charge is 0.169 e. The molecule has 0 atom stereocenters. The second-order valence-electron chi connectivity index (χ2n) is 10.4. The lowest BCUT2D eigenvalue weighted by molar-refractivity contribution is 0.147. The molecule has 1 aromatic carbocycles. The fraction of sp³-hybridized carbons (Fsp3) is 0.708. The van der Waals surface area contributed by atoms with Crippen LogP contribution in [0.25, 0.3) is 0 Å². The van der Waals surface area contributed by atoms with Crippen molar-refractivity contribution in [2.45, 2.75) is 83.0 Å². The molecule has 2 heterocycles. The Morgan fingerprint density at radius 1 is 1.10 bits per heavy atom. The van der Waals surface area contributed by atoms with Gasteiger partial charge in [-0.25, -0.2) is 0 Å². The van der Waals surface area contributed by atoms with E-state index in [2.05, 4.69) is 85.5 Å². The third-order valence-electron chi connectivity index (χ3n) is 6.39. The van der Waals surface area contributed by atoms with E-state index < -0.39 is 0 Å². The van der Waals surface area contributed by atoms with Crippen LogP contribution in [-0.2, 0) is 6.42 Å². The lowest BCUT2D eigenvalue weighted by Crippen LogP contribution is -2.63. The summed E-state index contributed by atoms with van der Waals surface area (Å²) >= 11 is 6.01. The van der Waals surface area contributed by atoms with Crippen LogP contribution < -0.4 is 10.6 Å². The maximum Gasteiger partial charge on any atom is 0.169 e. The SMILES string of the molecule is CN1CCC(N(CCc2ccccc2)C(=S)NC2CC(C)(C)NC(C)(C)C2)CC1. The predicted octanol–water partition coefficient (Wildman–Crippen LogP) is 3.81. The molecule has 5 heteroatoms. The summed E-state index contributed by atoms with van der Waals surface area (Å²) in [4.78, 5) is 4.93. The van der Waals surface area contributed by atoms with Crippen molar-refractivity contribution < 1.29 is 0 Å². The Hall–Kier alpha value is -1.17. The highest BCUT2D eigenvalue weighted by atomic mass is 32.1. The summed E-state index contributed by atoms with van der Waals surface area (Å²) in [7, 11) is 2.22. The molecule has 3 rings (SSSR count). The van der Waals surface area contributed by atoms with Crippen molar-refractivity contribution in [3.05, 3.63) is 35.9 Å². The summed E-state index contributed by atoms with van der Waals surface area (Å²) in [5, 5.41) is 8.51. The molecular weight excluding hydrogens is 376 g/mol. The van der Waals surface area contributed by atoms with E-state index in [0.717, 1.165) is 44.0 Å². The van der Waals surface area contributed by atoms with Gasteiger partial charge in [0.15, 0.2) is 5.11 Å². The first-order chi connectivity index (χ1) is 13.6. The highest BCUT2D eigenvalue weighted by molar-refractivity contribution is 7.80. The molecule has 0 aliphatic carbocycles. The van der Waals surface area contributed by atoms with Crippen LogP contribution in [0, 0.1) is 0 Å². The first kappa shape index (κ1) is 22.5. The van der Waals surface area contributed by atoms with Gasteiger partial charge < -0.3 is 20.4 Å². The minimum atomic E-state index is 0.122. The van der Waals surface area contributed by atoms with Crippen LogP contribution in [0.2, 0.25) is 0 Å². The van der Waals surface area contributed by atoms with Gasteiger partial charge in [0.1, 0.15) is 0 Å². The van der Waals surface area contributed by atoms with E-state index in [-0.39, 0.29) is 11.1 Å². The third-order valence-corrected chi connectivity index (χ3v) is 6.74. The number of rotatable bonds is 5. The molecule has 0 aromatic heterocycles. The van der Waals surface area contributed by atoms with Crippen molar-refractivity contribution in [3.8, 4) is 0 Å². The summed E-state index contributed by atoms with van der Waals surface area (Å²) in [6, 6.07) is 11.8. The molecule has 2 fully saturated rings. The number of benzene rings is 1. The highest BCUT2D eigenvalue weighted by Gasteiger charge is 2.38. The van der Waals surface area contributed by atoms with E-state index in [4.69, 9.17) is 12.2 Å². The van der Waals surface area contributed by atoms with Crippen molar-refractivity contribution in [2.75, 3.05) is 26.7 Å². The quantitative estimate of drug-likeness (QED) is 0.713. The summed E-state index contributed by atoms with van der Waals surface area (Å²) < 4.78 is 0. The van der Waals surface area contributed by atoms with Crippen LogP contribution in [0.15, 0.2) is 30.3 Å². The molecule has 4 nitrogen and oxygen atoms in total. The average molecular weight is 417 g/mol. The Morgan fingerprint density at radius 3 is 2.28 bits per heavy atom. The number of hydrogen-bond acceptors (Lipinski definition) is 3. The first-order valence-electron chi connectivity index (χ1n) is 11.2. The van der Waals surface area contributed by atoms with Crippen molar-refractivity contribution in [3.63, 3.8) is 0 Å². The van der Waals surface area contributed by atoms with Gasteiger partial charge >= 0.3 is 0 Å². The maximum atomic E-state index is 6.01. The molecule has 0 amide bonds. The Kier molecular flexibility index (Phi) is 7.23. The zero-order valence-corrected chi connectivity index (χ0v) is 19.8. The second kappa shape index (κ2) is 9.32. The van der Waals surface area contributed by atoms with E-state index in [9.17, 15) is 0 Å². The van der Waals surface area contributed by atoms with E-state index in [1.165, 1.54) is 18.4 Å². The summed E-state index contributed by atoms with van der Waals surface area (Å²) in [5.74, 6) is 0. The lowest BCUT2D eigenvalue weighted by Gasteiger charge is -2.48. The van der Waals surface area contributed by atoms with Gasteiger partial charge in [-0.2, -0.15) is 0 Å². The molecule has 2 N–H and O–H groups in total. The average Bonchev–Trinajstić information content (AvgIpc) is 2.61. The molecule has 1 aromatic rings. The molecule has 162 valence electrons. The van der Waals surface area contributed by atoms with Gasteiger partial charge in [-0.3, -0.25) is 0 Å². The van der Waals surface area contributed by atoms with Crippen molar-refractivity contribution in [2.24, 2.45) is 0 Å². The zero-order valence-electron chi connectivity index (χ0n) is 19.0. The Balaban J connectivity index is 1.68. The van der Waals surface area contributed by atoms with Crippen molar-refractivity contribution in [1.82, 2.24) is 20.4 Å². The van der Waals surface area contributed by atoms with Gasteiger partial charge in [0.2, 0.25) is 0 Å². The fourth-order valence-corrected chi connectivity index (χ4v) is 5.74. The number of hydrogen-bond donors (Lipinski definition) is 2. The number of thiocarbonyl (C=S) groups is 1. The molecule has 0 bridgehead atoms. The minimum absolute atomic E-state index is 0.122. The van der Waals surface area contributed by atoms with E-state index in [0.29, 0.717) is 12.1 Å². The van der Waals surface area contributed by atoms with Gasteiger partial charge in [0.25, 0.3) is 0 Å². The molecular formula is C24H40N4S. The zero-order chi connectivity index (χ0) is 21.1. The molecule has 0 saturated carbocycles. The fourth-order valence-electron chi connectivity index (χ4n) is 5.33. The molecule has 0 radical (unpaired) electrons. The van der Waals surface area contributed by atoms with Crippen LogP contribution >= 0.6 is 12.2 Å². The minimum Gasteiger partial charge on any atom is -0.360 e. The van der Waals surface area contributed by atoms with Crippen LogP contribution in [-0.4, -0.2) is 64.8 Å². The number of likely N-dealkylation sites (tertiary alicyclic amines) is 1. The largest absolute Gasteiger partial charge is 0.360 e. The summed E-state index contributed by atoms with van der Waals surface area (Å²) in [6.45, 7) is 12.5. The normalized spacial score (nSPS) is 22.9. The highest BCUT2D eigenvalue weighted by Crippen LogP contribution is 2.29. The number of nitrogens with one attached hydrogen (secondary N) is 2. The monoisotopic (exact) mass is 416 g/mol. The molecule has 2 aliphatic rings.